The van der Waals surface area contributed by atoms with Crippen LogP contribution in [0.25, 0.3) is 11.6 Å². The number of ether oxygens (including phenoxy) is 1. The van der Waals surface area contributed by atoms with E-state index in [1.54, 1.807) is 0 Å². The lowest BCUT2D eigenvalue weighted by molar-refractivity contribution is -0.711. The van der Waals surface area contributed by atoms with Crippen molar-refractivity contribution in [3.8, 4) is 5.75 Å². The third kappa shape index (κ3) is 2.21. The van der Waals surface area contributed by atoms with Crippen LogP contribution in [0.1, 0.15) is 69.9 Å². The first-order valence-electron chi connectivity index (χ1n) is 9.62. The fourth-order valence-electron chi connectivity index (χ4n) is 4.90. The first-order valence-corrected chi connectivity index (χ1v) is 9.62. The van der Waals surface area contributed by atoms with E-state index in [0.717, 1.165) is 54.0 Å². The number of nitrogens with zero attached hydrogens (tertiary/aromatic N) is 1. The van der Waals surface area contributed by atoms with Gasteiger partial charge in [-0.15, -0.1) is 0 Å². The topological polar surface area (TPSA) is 32.5 Å². The second-order valence-corrected chi connectivity index (χ2v) is 8.74. The molecule has 0 bridgehead atoms. The number of hydrogen-bond donors (Lipinski definition) is 1. The minimum Gasteiger partial charge on any atom is -0.482 e. The maximum Gasteiger partial charge on any atom is 0.276 e. The van der Waals surface area contributed by atoms with Crippen LogP contribution in [0.5, 0.6) is 5.75 Å². The van der Waals surface area contributed by atoms with Crippen LogP contribution < -0.4 is 4.74 Å². The molecule has 1 saturated carbocycles. The van der Waals surface area contributed by atoms with Gasteiger partial charge >= 0.3 is 0 Å². The van der Waals surface area contributed by atoms with E-state index in [1.165, 1.54) is 29.6 Å². The van der Waals surface area contributed by atoms with Gasteiger partial charge in [0, 0.05) is 11.2 Å². The Bertz CT molecular complexity index is 851. The summed E-state index contributed by atoms with van der Waals surface area (Å²) in [5.74, 6) is 0.918. The molecule has 0 saturated heterocycles. The van der Waals surface area contributed by atoms with Gasteiger partial charge in [0.1, 0.15) is 11.4 Å². The Morgan fingerprint density at radius 1 is 1.08 bits per heavy atom. The van der Waals surface area contributed by atoms with Gasteiger partial charge in [-0.25, -0.2) is 0 Å². The molecule has 2 aliphatic carbocycles. The van der Waals surface area contributed by atoms with E-state index in [9.17, 15) is 5.21 Å². The molecule has 1 N–H and O–H groups in total. The van der Waals surface area contributed by atoms with Crippen LogP contribution in [0.15, 0.2) is 24.3 Å². The van der Waals surface area contributed by atoms with Gasteiger partial charge in [-0.05, 0) is 61.8 Å². The first-order chi connectivity index (χ1) is 12.0. The third-order valence-corrected chi connectivity index (χ3v) is 6.35. The molecular formula is C22H26NO2+. The minimum atomic E-state index is -0.125. The largest absolute Gasteiger partial charge is 0.482 e. The van der Waals surface area contributed by atoms with E-state index in [1.807, 2.05) is 0 Å². The Balaban J connectivity index is 1.64. The highest BCUT2D eigenvalue weighted by atomic mass is 16.5. The molecular weight excluding hydrogens is 310 g/mol. The number of fused-ring (bicyclic) bond motifs is 5. The van der Waals surface area contributed by atoms with Gasteiger partial charge < -0.3 is 4.74 Å². The van der Waals surface area contributed by atoms with Crippen LogP contribution in [0.4, 0.5) is 5.69 Å². The molecule has 2 heterocycles. The molecule has 3 heteroatoms. The van der Waals surface area contributed by atoms with Crippen molar-refractivity contribution < 1.29 is 14.7 Å². The Kier molecular flexibility index (Phi) is 3.05. The van der Waals surface area contributed by atoms with E-state index in [0.29, 0.717) is 0 Å². The molecule has 25 heavy (non-hydrogen) atoms. The van der Waals surface area contributed by atoms with Gasteiger partial charge in [-0.3, -0.25) is 5.21 Å². The lowest BCUT2D eigenvalue weighted by Gasteiger charge is -2.37. The highest BCUT2D eigenvalue weighted by Gasteiger charge is 2.44. The summed E-state index contributed by atoms with van der Waals surface area (Å²) in [6, 6.07) is 4.24. The first kappa shape index (κ1) is 15.2. The summed E-state index contributed by atoms with van der Waals surface area (Å²) in [5, 5.41) is 10.9. The average molecular weight is 336 g/mol. The van der Waals surface area contributed by atoms with Crippen LogP contribution in [0, 0.1) is 5.41 Å². The van der Waals surface area contributed by atoms with E-state index in [4.69, 9.17) is 4.74 Å². The van der Waals surface area contributed by atoms with Crippen LogP contribution in [0.2, 0.25) is 0 Å². The maximum atomic E-state index is 10.9. The fraction of sp³-hybridized carbons (Fsp3) is 0.500. The van der Waals surface area contributed by atoms with Gasteiger partial charge in [0.05, 0.1) is 16.7 Å². The predicted molar refractivity (Wildman–Crippen MR) is 99.6 cm³/mol. The van der Waals surface area contributed by atoms with Crippen molar-refractivity contribution in [1.82, 2.24) is 0 Å². The zero-order valence-corrected chi connectivity index (χ0v) is 15.1. The number of hydrogen-bond acceptors (Lipinski definition) is 2. The maximum absolute atomic E-state index is 10.9. The smallest absolute Gasteiger partial charge is 0.276 e. The summed E-state index contributed by atoms with van der Waals surface area (Å²) in [4.78, 5) is 0. The summed E-state index contributed by atoms with van der Waals surface area (Å²) in [5.41, 5.74) is 5.35. The van der Waals surface area contributed by atoms with E-state index in [2.05, 4.69) is 44.2 Å². The van der Waals surface area contributed by atoms with Crippen molar-refractivity contribution in [3.63, 3.8) is 0 Å². The Hall–Kier alpha value is -2.03. The summed E-state index contributed by atoms with van der Waals surface area (Å²) in [6.07, 6.45) is 14.7. The van der Waals surface area contributed by atoms with E-state index in [-0.39, 0.29) is 11.0 Å². The SMILES string of the molecule is CC1(C)C=C2C(=[N+](O)c3c2ccc2c3C=CC3(CCCCC3)O2)CC1. The molecule has 5 rings (SSSR count). The minimum absolute atomic E-state index is 0.125. The average Bonchev–Trinajstić information content (AvgIpc) is 2.86. The molecule has 1 fully saturated rings. The molecule has 0 aromatic heterocycles. The molecule has 2 aliphatic heterocycles. The third-order valence-electron chi connectivity index (χ3n) is 6.35. The zero-order valence-electron chi connectivity index (χ0n) is 15.1. The quantitative estimate of drug-likeness (QED) is 0.502. The zero-order chi connectivity index (χ0) is 17.2. The summed E-state index contributed by atoms with van der Waals surface area (Å²) in [6.45, 7) is 4.54. The molecule has 0 atom stereocenters. The molecule has 0 radical (unpaired) electrons. The Labute approximate surface area is 149 Å². The van der Waals surface area contributed by atoms with E-state index < -0.39 is 0 Å². The van der Waals surface area contributed by atoms with Crippen molar-refractivity contribution in [2.75, 3.05) is 0 Å². The molecule has 3 nitrogen and oxygen atoms in total. The predicted octanol–water partition coefficient (Wildman–Crippen LogP) is 5.49. The van der Waals surface area contributed by atoms with Crippen molar-refractivity contribution in [3.05, 3.63) is 35.4 Å². The molecule has 1 aromatic carbocycles. The summed E-state index contributed by atoms with van der Waals surface area (Å²) in [7, 11) is 0. The highest BCUT2D eigenvalue weighted by Crippen LogP contribution is 2.49. The lowest BCUT2D eigenvalue weighted by Crippen LogP contribution is -2.37. The van der Waals surface area contributed by atoms with Crippen molar-refractivity contribution in [1.29, 1.82) is 0 Å². The molecule has 4 aliphatic rings. The standard InChI is InChI=1S/C22H26NO2/c1-21(2)12-9-18-17(14-21)15-6-7-19-16(20(15)23(18)24)8-13-22(25-19)10-4-3-5-11-22/h6-8,13-14,24H,3-5,9-12H2,1-2H3/q+1. The molecule has 0 unspecified atom stereocenters. The van der Waals surface area contributed by atoms with E-state index >= 15 is 0 Å². The van der Waals surface area contributed by atoms with Crippen LogP contribution in [-0.2, 0) is 0 Å². The van der Waals surface area contributed by atoms with Gasteiger partial charge in [0.2, 0.25) is 5.71 Å². The lowest BCUT2D eigenvalue weighted by atomic mass is 9.77. The molecule has 1 spiro atoms. The molecule has 1 aromatic rings. The van der Waals surface area contributed by atoms with Gasteiger partial charge in [-0.1, -0.05) is 26.3 Å². The monoisotopic (exact) mass is 336 g/mol. The highest BCUT2D eigenvalue weighted by molar-refractivity contribution is 6.26. The Morgan fingerprint density at radius 3 is 2.68 bits per heavy atom. The number of rotatable bonds is 0. The van der Waals surface area contributed by atoms with Crippen molar-refractivity contribution in [2.45, 2.75) is 64.4 Å². The normalized spacial score (nSPS) is 25.1. The van der Waals surface area contributed by atoms with Crippen molar-refractivity contribution in [2.24, 2.45) is 5.41 Å². The number of benzene rings is 1. The second kappa shape index (κ2) is 5.00. The molecule has 0 amide bonds. The molecule has 130 valence electrons. The van der Waals surface area contributed by atoms with Crippen LogP contribution in [-0.4, -0.2) is 21.3 Å². The van der Waals surface area contributed by atoms with Crippen LogP contribution >= 0.6 is 0 Å². The van der Waals surface area contributed by atoms with Crippen molar-refractivity contribution >= 4 is 23.0 Å². The summed E-state index contributed by atoms with van der Waals surface area (Å²) >= 11 is 0. The number of allylic oxidation sites excluding steroid dienone is 2. The van der Waals surface area contributed by atoms with Gasteiger partial charge in [0.25, 0.3) is 5.69 Å². The second-order valence-electron chi connectivity index (χ2n) is 8.74. The van der Waals surface area contributed by atoms with Gasteiger partial charge in [-0.2, -0.15) is 0 Å². The summed E-state index contributed by atoms with van der Waals surface area (Å²) < 4.78 is 7.89. The Morgan fingerprint density at radius 2 is 1.88 bits per heavy atom. The van der Waals surface area contributed by atoms with Crippen LogP contribution in [0.3, 0.4) is 0 Å². The fourth-order valence-corrected chi connectivity index (χ4v) is 4.90. The van der Waals surface area contributed by atoms with Gasteiger partial charge in [0.15, 0.2) is 0 Å².